The number of hydrogen-bond donors (Lipinski definition) is 1. The van der Waals surface area contributed by atoms with E-state index in [1.165, 1.54) is 25.8 Å². The van der Waals surface area contributed by atoms with Gasteiger partial charge in [-0.15, -0.1) is 0 Å². The highest BCUT2D eigenvalue weighted by Crippen LogP contribution is 2.76. The lowest BCUT2D eigenvalue weighted by atomic mass is 9.43. The molecule has 1 spiro atoms. The van der Waals surface area contributed by atoms with Crippen molar-refractivity contribution in [1.29, 1.82) is 0 Å². The Morgan fingerprint density at radius 3 is 2.81 bits per heavy atom. The van der Waals surface area contributed by atoms with Gasteiger partial charge in [0.05, 0.1) is 19.1 Å². The number of piperidine rings is 1. The summed E-state index contributed by atoms with van der Waals surface area (Å²) in [4.78, 5) is 15.6. The molecule has 0 aromatic rings. The molecule has 0 amide bonds. The zero-order chi connectivity index (χ0) is 18.7. The van der Waals surface area contributed by atoms with Crippen molar-refractivity contribution in [3.8, 4) is 0 Å². The van der Waals surface area contributed by atoms with Gasteiger partial charge in [0.25, 0.3) is 0 Å². The normalized spacial score (nSPS) is 55.5. The van der Waals surface area contributed by atoms with Crippen LogP contribution in [0.4, 0.5) is 0 Å². The molecule has 148 valence electrons. The van der Waals surface area contributed by atoms with Gasteiger partial charge in [-0.05, 0) is 62.2 Å². The Bertz CT molecular complexity index is 746. The summed E-state index contributed by atoms with van der Waals surface area (Å²) in [6, 6.07) is 0.524. The summed E-state index contributed by atoms with van der Waals surface area (Å²) >= 11 is 0. The summed E-state index contributed by atoms with van der Waals surface area (Å²) in [5, 5.41) is 11.6. The smallest absolute Gasteiger partial charge is 0.309 e. The predicted molar refractivity (Wildman–Crippen MR) is 102 cm³/mol. The third-order valence-corrected chi connectivity index (χ3v) is 10.3. The molecule has 0 unspecified atom stereocenters. The SMILES string of the molecule is COC(=O)[C@@H]1C[C@@]23C4=C(CC[C@@H]5CN6C[C@@H](C)[C@@H](C[C@@H](O)[C@@]52C)[C@H]63)CC[C@@H]41. The van der Waals surface area contributed by atoms with Gasteiger partial charge in [-0.3, -0.25) is 9.69 Å². The second-order valence-electron chi connectivity index (χ2n) is 10.8. The molecule has 0 aromatic carbocycles. The van der Waals surface area contributed by atoms with Gasteiger partial charge in [-0.2, -0.15) is 0 Å². The van der Waals surface area contributed by atoms with Crippen LogP contribution in [0, 0.1) is 40.4 Å². The lowest BCUT2D eigenvalue weighted by Crippen LogP contribution is -2.70. The van der Waals surface area contributed by atoms with Crippen LogP contribution in [0.15, 0.2) is 11.1 Å². The van der Waals surface area contributed by atoms with Crippen molar-refractivity contribution in [3.63, 3.8) is 0 Å². The van der Waals surface area contributed by atoms with E-state index in [1.807, 2.05) is 0 Å². The number of rotatable bonds is 1. The lowest BCUT2D eigenvalue weighted by molar-refractivity contribution is -0.200. The quantitative estimate of drug-likeness (QED) is 0.569. The molecule has 6 rings (SSSR count). The molecular formula is C23H33NO3. The molecular weight excluding hydrogens is 338 g/mol. The number of methoxy groups -OCH3 is 1. The van der Waals surface area contributed by atoms with Crippen LogP contribution in [0.25, 0.3) is 0 Å². The molecule has 4 bridgehead atoms. The zero-order valence-electron chi connectivity index (χ0n) is 16.9. The van der Waals surface area contributed by atoms with Crippen molar-refractivity contribution in [1.82, 2.24) is 4.90 Å². The van der Waals surface area contributed by atoms with Gasteiger partial charge < -0.3 is 9.84 Å². The molecule has 0 radical (unpaired) electrons. The fraction of sp³-hybridized carbons (Fsp3) is 0.870. The maximum atomic E-state index is 12.8. The van der Waals surface area contributed by atoms with E-state index < -0.39 is 0 Å². The minimum absolute atomic E-state index is 0.00220. The van der Waals surface area contributed by atoms with Crippen molar-refractivity contribution in [2.24, 2.45) is 40.4 Å². The van der Waals surface area contributed by atoms with Gasteiger partial charge in [0.15, 0.2) is 0 Å². The van der Waals surface area contributed by atoms with Gasteiger partial charge in [0.1, 0.15) is 0 Å². The fourth-order valence-electron chi connectivity index (χ4n) is 9.36. The highest BCUT2D eigenvalue weighted by Gasteiger charge is 2.76. The molecule has 0 aromatic heterocycles. The highest BCUT2D eigenvalue weighted by molar-refractivity contribution is 5.75. The van der Waals surface area contributed by atoms with E-state index in [9.17, 15) is 9.90 Å². The van der Waals surface area contributed by atoms with Crippen LogP contribution >= 0.6 is 0 Å². The molecule has 1 N–H and O–H groups in total. The number of carbonyl (C=O) groups excluding carboxylic acids is 1. The van der Waals surface area contributed by atoms with E-state index in [0.29, 0.717) is 29.7 Å². The van der Waals surface area contributed by atoms with Crippen LogP contribution in [0.1, 0.15) is 52.4 Å². The summed E-state index contributed by atoms with van der Waals surface area (Å²) in [6.45, 7) is 7.12. The Labute approximate surface area is 162 Å². The van der Waals surface area contributed by atoms with Gasteiger partial charge >= 0.3 is 5.97 Å². The summed E-state index contributed by atoms with van der Waals surface area (Å²) < 4.78 is 5.29. The number of hydrogen-bond acceptors (Lipinski definition) is 4. The number of esters is 1. The molecule has 4 fully saturated rings. The summed E-state index contributed by atoms with van der Waals surface area (Å²) in [5.74, 6) is 2.11. The van der Waals surface area contributed by atoms with Crippen LogP contribution in [0.5, 0.6) is 0 Å². The molecule has 2 saturated heterocycles. The molecule has 2 heterocycles. The van der Waals surface area contributed by atoms with Gasteiger partial charge in [0, 0.05) is 30.0 Å². The van der Waals surface area contributed by atoms with E-state index in [1.54, 1.807) is 18.3 Å². The van der Waals surface area contributed by atoms with Crippen molar-refractivity contribution in [2.45, 2.75) is 64.5 Å². The Morgan fingerprint density at radius 1 is 1.26 bits per heavy atom. The van der Waals surface area contributed by atoms with Crippen molar-refractivity contribution in [3.05, 3.63) is 11.1 Å². The van der Waals surface area contributed by atoms with Crippen molar-refractivity contribution < 1.29 is 14.6 Å². The number of aliphatic hydroxyl groups is 1. The molecule has 27 heavy (non-hydrogen) atoms. The number of carbonyl (C=O) groups is 1. The number of nitrogens with zero attached hydrogens (tertiary/aromatic N) is 1. The average molecular weight is 372 g/mol. The summed E-state index contributed by atoms with van der Waals surface area (Å²) in [6.07, 6.45) is 6.32. The number of aliphatic hydroxyl groups excluding tert-OH is 1. The molecule has 4 nitrogen and oxygen atoms in total. The standard InChI is InChI=1S/C23H33NO3/c1-12-10-24-11-14-6-4-13-5-7-15-17(21(26)27-3)9-23(19(13)15)20(24)16(12)8-18(25)22(14,23)2/h12,14-18,20,25H,4-11H2,1-3H3/t12-,14-,15-,16-,17-,18-,20+,22-,23+/m1/s1. The Hall–Kier alpha value is -0.870. The maximum Gasteiger partial charge on any atom is 0.309 e. The van der Waals surface area contributed by atoms with E-state index in [-0.39, 0.29) is 28.8 Å². The lowest BCUT2D eigenvalue weighted by Gasteiger charge is -2.67. The molecule has 4 aliphatic carbocycles. The second-order valence-corrected chi connectivity index (χ2v) is 10.8. The minimum Gasteiger partial charge on any atom is -0.469 e. The molecule has 9 atom stereocenters. The summed E-state index contributed by atoms with van der Waals surface area (Å²) in [5.41, 5.74) is 3.20. The first-order valence-electron chi connectivity index (χ1n) is 11.2. The van der Waals surface area contributed by atoms with E-state index in [0.717, 1.165) is 25.8 Å². The maximum absolute atomic E-state index is 12.8. The van der Waals surface area contributed by atoms with Crippen molar-refractivity contribution >= 4 is 5.97 Å². The predicted octanol–water partition coefficient (Wildman–Crippen LogP) is 3.00. The fourth-order valence-corrected chi connectivity index (χ4v) is 9.36. The Kier molecular flexibility index (Phi) is 3.27. The van der Waals surface area contributed by atoms with E-state index in [4.69, 9.17) is 4.74 Å². The van der Waals surface area contributed by atoms with Crippen LogP contribution < -0.4 is 0 Å². The average Bonchev–Trinajstić information content (AvgIpc) is 3.28. The van der Waals surface area contributed by atoms with Gasteiger partial charge in [-0.25, -0.2) is 0 Å². The zero-order valence-corrected chi connectivity index (χ0v) is 16.9. The van der Waals surface area contributed by atoms with Crippen LogP contribution in [0.3, 0.4) is 0 Å². The molecule has 6 aliphatic rings. The third kappa shape index (κ3) is 1.69. The molecule has 2 saturated carbocycles. The summed E-state index contributed by atoms with van der Waals surface area (Å²) in [7, 11) is 1.55. The Balaban J connectivity index is 1.62. The van der Waals surface area contributed by atoms with Gasteiger partial charge in [-0.1, -0.05) is 25.0 Å². The first-order chi connectivity index (χ1) is 12.9. The van der Waals surface area contributed by atoms with Gasteiger partial charge in [0.2, 0.25) is 0 Å². The first-order valence-corrected chi connectivity index (χ1v) is 11.2. The third-order valence-electron chi connectivity index (χ3n) is 10.3. The molecule has 4 heteroatoms. The van der Waals surface area contributed by atoms with Crippen LogP contribution in [0.2, 0.25) is 0 Å². The highest BCUT2D eigenvalue weighted by atomic mass is 16.5. The monoisotopic (exact) mass is 371 g/mol. The van der Waals surface area contributed by atoms with Crippen LogP contribution in [-0.2, 0) is 9.53 Å². The molecule has 2 aliphatic heterocycles. The number of ether oxygens (including phenoxy) is 1. The topological polar surface area (TPSA) is 49.8 Å². The van der Waals surface area contributed by atoms with E-state index >= 15 is 0 Å². The Morgan fingerprint density at radius 2 is 2.04 bits per heavy atom. The van der Waals surface area contributed by atoms with Crippen molar-refractivity contribution in [2.75, 3.05) is 20.2 Å². The van der Waals surface area contributed by atoms with Crippen LogP contribution in [-0.4, -0.2) is 48.3 Å². The minimum atomic E-state index is -0.240. The number of allylic oxidation sites excluding steroid dienone is 1. The largest absolute Gasteiger partial charge is 0.469 e. The second kappa shape index (κ2) is 5.18. The van der Waals surface area contributed by atoms with E-state index in [2.05, 4.69) is 18.7 Å². The first kappa shape index (κ1) is 17.0.